The van der Waals surface area contributed by atoms with Gasteiger partial charge in [-0.2, -0.15) is 0 Å². The Morgan fingerprint density at radius 3 is 3.14 bits per heavy atom. The van der Waals surface area contributed by atoms with Crippen molar-refractivity contribution in [1.29, 1.82) is 0 Å². The second kappa shape index (κ2) is 4.60. The molecule has 1 aliphatic carbocycles. The van der Waals surface area contributed by atoms with Gasteiger partial charge in [-0.1, -0.05) is 6.92 Å². The van der Waals surface area contributed by atoms with Crippen molar-refractivity contribution in [2.24, 2.45) is 5.92 Å². The van der Waals surface area contributed by atoms with Gasteiger partial charge in [-0.3, -0.25) is 0 Å². The van der Waals surface area contributed by atoms with Crippen LogP contribution in [0.1, 0.15) is 32.0 Å². The molecule has 0 amide bonds. The molecular formula is C11H19N3. The zero-order chi connectivity index (χ0) is 9.80. The number of aromatic nitrogens is 2. The van der Waals surface area contributed by atoms with Gasteiger partial charge in [0.1, 0.15) is 5.82 Å². The van der Waals surface area contributed by atoms with Gasteiger partial charge in [0.05, 0.1) is 6.54 Å². The van der Waals surface area contributed by atoms with Crippen LogP contribution in [0.15, 0.2) is 12.4 Å². The minimum Gasteiger partial charge on any atom is -0.334 e. The van der Waals surface area contributed by atoms with Crippen LogP contribution in [-0.2, 0) is 13.1 Å². The van der Waals surface area contributed by atoms with Gasteiger partial charge in [0.25, 0.3) is 0 Å². The molecule has 0 saturated heterocycles. The number of nitrogens with one attached hydrogen (secondary N) is 1. The molecule has 2 rings (SSSR count). The van der Waals surface area contributed by atoms with Crippen LogP contribution in [0.4, 0.5) is 0 Å². The largest absolute Gasteiger partial charge is 0.334 e. The van der Waals surface area contributed by atoms with E-state index in [-0.39, 0.29) is 0 Å². The smallest absolute Gasteiger partial charge is 0.122 e. The molecule has 1 saturated carbocycles. The molecule has 0 bridgehead atoms. The quantitative estimate of drug-likeness (QED) is 0.746. The van der Waals surface area contributed by atoms with E-state index in [4.69, 9.17) is 0 Å². The normalized spacial score (nSPS) is 16.1. The third-order valence-electron chi connectivity index (χ3n) is 2.68. The maximum absolute atomic E-state index is 4.35. The molecule has 78 valence electrons. The van der Waals surface area contributed by atoms with E-state index in [1.54, 1.807) is 0 Å². The zero-order valence-electron chi connectivity index (χ0n) is 8.87. The van der Waals surface area contributed by atoms with Crippen molar-refractivity contribution >= 4 is 0 Å². The Morgan fingerprint density at radius 1 is 1.57 bits per heavy atom. The van der Waals surface area contributed by atoms with E-state index in [9.17, 15) is 0 Å². The van der Waals surface area contributed by atoms with Crippen LogP contribution < -0.4 is 5.32 Å². The third-order valence-corrected chi connectivity index (χ3v) is 2.68. The summed E-state index contributed by atoms with van der Waals surface area (Å²) >= 11 is 0. The van der Waals surface area contributed by atoms with Crippen LogP contribution in [0.5, 0.6) is 0 Å². The van der Waals surface area contributed by atoms with Crippen LogP contribution in [0, 0.1) is 5.92 Å². The number of aryl methyl sites for hydroxylation is 1. The average Bonchev–Trinajstić information content (AvgIpc) is 2.89. The predicted octanol–water partition coefficient (Wildman–Crippen LogP) is 1.79. The van der Waals surface area contributed by atoms with E-state index in [1.807, 2.05) is 6.20 Å². The molecule has 0 atom stereocenters. The summed E-state index contributed by atoms with van der Waals surface area (Å²) in [5, 5.41) is 3.47. The Bertz CT molecular complexity index is 276. The van der Waals surface area contributed by atoms with Gasteiger partial charge in [0, 0.05) is 18.9 Å². The zero-order valence-corrected chi connectivity index (χ0v) is 8.87. The second-order valence-electron chi connectivity index (χ2n) is 4.11. The number of imidazole rings is 1. The Kier molecular flexibility index (Phi) is 3.19. The van der Waals surface area contributed by atoms with Crippen molar-refractivity contribution < 1.29 is 0 Å². The van der Waals surface area contributed by atoms with Crippen molar-refractivity contribution in [3.8, 4) is 0 Å². The monoisotopic (exact) mass is 193 g/mol. The number of hydrogen-bond donors (Lipinski definition) is 1. The van der Waals surface area contributed by atoms with E-state index in [0.717, 1.165) is 19.0 Å². The molecule has 1 aromatic rings. The number of hydrogen-bond acceptors (Lipinski definition) is 2. The summed E-state index contributed by atoms with van der Waals surface area (Å²) in [4.78, 5) is 4.35. The van der Waals surface area contributed by atoms with Gasteiger partial charge < -0.3 is 9.88 Å². The fourth-order valence-electron chi connectivity index (χ4n) is 1.66. The topological polar surface area (TPSA) is 29.9 Å². The first kappa shape index (κ1) is 9.71. The molecule has 1 fully saturated rings. The molecular weight excluding hydrogens is 174 g/mol. The third kappa shape index (κ3) is 2.58. The summed E-state index contributed by atoms with van der Waals surface area (Å²) in [5.41, 5.74) is 0. The van der Waals surface area contributed by atoms with Crippen molar-refractivity contribution in [2.45, 2.75) is 39.3 Å². The first-order valence-electron chi connectivity index (χ1n) is 5.61. The fraction of sp³-hybridized carbons (Fsp3) is 0.727. The van der Waals surface area contributed by atoms with E-state index in [1.165, 1.54) is 31.6 Å². The maximum atomic E-state index is 4.35. The SMILES string of the molecule is CCCn1ccnc1CNCC1CC1. The molecule has 0 aromatic carbocycles. The lowest BCUT2D eigenvalue weighted by Gasteiger charge is -2.06. The van der Waals surface area contributed by atoms with Crippen molar-refractivity contribution in [1.82, 2.24) is 14.9 Å². The first-order chi connectivity index (χ1) is 6.90. The highest BCUT2D eigenvalue weighted by Gasteiger charge is 2.20. The summed E-state index contributed by atoms with van der Waals surface area (Å²) in [6.45, 7) is 5.37. The minimum absolute atomic E-state index is 0.920. The molecule has 1 heterocycles. The van der Waals surface area contributed by atoms with Crippen LogP contribution in [-0.4, -0.2) is 16.1 Å². The molecule has 0 radical (unpaired) electrons. The standard InChI is InChI=1S/C11H19N3/c1-2-6-14-7-5-13-11(14)9-12-8-10-3-4-10/h5,7,10,12H,2-4,6,8-9H2,1H3. The molecule has 3 nitrogen and oxygen atoms in total. The molecule has 0 spiro atoms. The Labute approximate surface area is 85.5 Å². The van der Waals surface area contributed by atoms with E-state index in [2.05, 4.69) is 28.0 Å². The van der Waals surface area contributed by atoms with Gasteiger partial charge in [0.2, 0.25) is 0 Å². The predicted molar refractivity (Wildman–Crippen MR) is 56.9 cm³/mol. The molecule has 0 unspecified atom stereocenters. The van der Waals surface area contributed by atoms with Gasteiger partial charge in [-0.05, 0) is 31.7 Å². The van der Waals surface area contributed by atoms with E-state index >= 15 is 0 Å². The lowest BCUT2D eigenvalue weighted by Crippen LogP contribution is -2.19. The van der Waals surface area contributed by atoms with E-state index in [0.29, 0.717) is 0 Å². The molecule has 1 N–H and O–H groups in total. The summed E-state index contributed by atoms with van der Waals surface area (Å²) in [6, 6.07) is 0. The van der Waals surface area contributed by atoms with Crippen molar-refractivity contribution in [2.75, 3.05) is 6.54 Å². The van der Waals surface area contributed by atoms with Crippen LogP contribution in [0.3, 0.4) is 0 Å². The highest BCUT2D eigenvalue weighted by atomic mass is 15.1. The number of nitrogens with zero attached hydrogens (tertiary/aromatic N) is 2. The van der Waals surface area contributed by atoms with Gasteiger partial charge in [-0.15, -0.1) is 0 Å². The molecule has 0 aliphatic heterocycles. The summed E-state index contributed by atoms with van der Waals surface area (Å²) in [7, 11) is 0. The lowest BCUT2D eigenvalue weighted by molar-refractivity contribution is 0.572. The van der Waals surface area contributed by atoms with Crippen LogP contribution >= 0.6 is 0 Å². The number of rotatable bonds is 6. The fourth-order valence-corrected chi connectivity index (χ4v) is 1.66. The summed E-state index contributed by atoms with van der Waals surface area (Å²) < 4.78 is 2.24. The summed E-state index contributed by atoms with van der Waals surface area (Å²) in [5.74, 6) is 2.12. The van der Waals surface area contributed by atoms with Crippen molar-refractivity contribution in [3.63, 3.8) is 0 Å². The minimum atomic E-state index is 0.920. The molecule has 14 heavy (non-hydrogen) atoms. The maximum Gasteiger partial charge on any atom is 0.122 e. The molecule has 3 heteroatoms. The Hall–Kier alpha value is -0.830. The van der Waals surface area contributed by atoms with E-state index < -0.39 is 0 Å². The Balaban J connectivity index is 1.78. The van der Waals surface area contributed by atoms with Crippen LogP contribution in [0.25, 0.3) is 0 Å². The highest BCUT2D eigenvalue weighted by molar-refractivity contribution is 4.92. The summed E-state index contributed by atoms with van der Waals surface area (Å²) in [6.07, 6.45) is 7.96. The van der Waals surface area contributed by atoms with Crippen molar-refractivity contribution in [3.05, 3.63) is 18.2 Å². The average molecular weight is 193 g/mol. The lowest BCUT2D eigenvalue weighted by atomic mass is 10.4. The highest BCUT2D eigenvalue weighted by Crippen LogP contribution is 2.27. The first-order valence-corrected chi connectivity index (χ1v) is 5.61. The van der Waals surface area contributed by atoms with Gasteiger partial charge in [-0.25, -0.2) is 4.98 Å². The molecule has 1 aromatic heterocycles. The van der Waals surface area contributed by atoms with Gasteiger partial charge in [0.15, 0.2) is 0 Å². The Morgan fingerprint density at radius 2 is 2.43 bits per heavy atom. The van der Waals surface area contributed by atoms with Gasteiger partial charge >= 0.3 is 0 Å². The molecule has 1 aliphatic rings. The second-order valence-corrected chi connectivity index (χ2v) is 4.11. The van der Waals surface area contributed by atoms with Crippen LogP contribution in [0.2, 0.25) is 0 Å².